The minimum absolute atomic E-state index is 0.0378. The molecule has 1 amide bonds. The lowest BCUT2D eigenvalue weighted by Crippen LogP contribution is -2.15. The first-order valence-corrected chi connectivity index (χ1v) is 6.13. The summed E-state index contributed by atoms with van der Waals surface area (Å²) >= 11 is 3.17. The molecule has 0 saturated heterocycles. The van der Waals surface area contributed by atoms with Gasteiger partial charge in [0, 0.05) is 6.20 Å². The monoisotopic (exact) mass is 320 g/mol. The Labute approximate surface area is 117 Å². The van der Waals surface area contributed by atoms with Crippen LogP contribution in [0.4, 0.5) is 5.69 Å². The zero-order valence-electron chi connectivity index (χ0n) is 9.63. The molecule has 1 aromatic heterocycles. The van der Waals surface area contributed by atoms with Crippen molar-refractivity contribution >= 4 is 33.5 Å². The SMILES string of the molecule is O=C(O)c1ccccc1NC(=O)c1cccnc1Br. The molecule has 2 N–H and O–H groups in total. The van der Waals surface area contributed by atoms with Crippen LogP contribution in [0.3, 0.4) is 0 Å². The number of anilines is 1. The summed E-state index contributed by atoms with van der Waals surface area (Å²) in [4.78, 5) is 27.0. The van der Waals surface area contributed by atoms with Crippen molar-refractivity contribution in [3.8, 4) is 0 Å². The normalized spacial score (nSPS) is 9.95. The molecule has 2 rings (SSSR count). The summed E-state index contributed by atoms with van der Waals surface area (Å²) in [6, 6.07) is 9.43. The quantitative estimate of drug-likeness (QED) is 0.852. The summed E-state index contributed by atoms with van der Waals surface area (Å²) in [6.07, 6.45) is 1.55. The highest BCUT2D eigenvalue weighted by Crippen LogP contribution is 2.18. The highest BCUT2D eigenvalue weighted by molar-refractivity contribution is 9.10. The van der Waals surface area contributed by atoms with Crippen molar-refractivity contribution in [1.82, 2.24) is 4.98 Å². The molecule has 0 atom stereocenters. The first-order valence-electron chi connectivity index (χ1n) is 5.34. The number of aromatic carboxylic acids is 1. The molecule has 19 heavy (non-hydrogen) atoms. The first kappa shape index (κ1) is 13.2. The van der Waals surface area contributed by atoms with Crippen LogP contribution in [0, 0.1) is 0 Å². The number of carbonyl (C=O) groups excluding carboxylic acids is 1. The molecule has 0 spiro atoms. The van der Waals surface area contributed by atoms with Crippen LogP contribution >= 0.6 is 15.9 Å². The maximum Gasteiger partial charge on any atom is 0.337 e. The fourth-order valence-electron chi connectivity index (χ4n) is 1.52. The molecule has 0 radical (unpaired) electrons. The van der Waals surface area contributed by atoms with Crippen LogP contribution in [-0.2, 0) is 0 Å². The smallest absolute Gasteiger partial charge is 0.337 e. The number of pyridine rings is 1. The van der Waals surface area contributed by atoms with Crippen molar-refractivity contribution in [3.63, 3.8) is 0 Å². The third-order valence-electron chi connectivity index (χ3n) is 2.41. The summed E-state index contributed by atoms with van der Waals surface area (Å²) in [5.41, 5.74) is 0.620. The van der Waals surface area contributed by atoms with Gasteiger partial charge in [-0.1, -0.05) is 12.1 Å². The van der Waals surface area contributed by atoms with E-state index in [0.717, 1.165) is 0 Å². The van der Waals surface area contributed by atoms with E-state index in [9.17, 15) is 9.59 Å². The lowest BCUT2D eigenvalue weighted by molar-refractivity contribution is 0.0698. The number of aromatic nitrogens is 1. The van der Waals surface area contributed by atoms with E-state index < -0.39 is 11.9 Å². The van der Waals surface area contributed by atoms with Gasteiger partial charge in [-0.2, -0.15) is 0 Å². The Kier molecular flexibility index (Phi) is 3.91. The number of hydrogen-bond acceptors (Lipinski definition) is 3. The van der Waals surface area contributed by atoms with Crippen molar-refractivity contribution in [3.05, 3.63) is 58.3 Å². The topological polar surface area (TPSA) is 79.3 Å². The van der Waals surface area contributed by atoms with Crippen molar-refractivity contribution in [2.75, 3.05) is 5.32 Å². The molecule has 0 aliphatic carbocycles. The van der Waals surface area contributed by atoms with Gasteiger partial charge in [0.15, 0.2) is 0 Å². The molecule has 6 heteroatoms. The van der Waals surface area contributed by atoms with Gasteiger partial charge in [0.25, 0.3) is 5.91 Å². The second-order valence-corrected chi connectivity index (χ2v) is 4.40. The fraction of sp³-hybridized carbons (Fsp3) is 0. The van der Waals surface area contributed by atoms with Gasteiger partial charge in [-0.3, -0.25) is 4.79 Å². The minimum Gasteiger partial charge on any atom is -0.478 e. The lowest BCUT2D eigenvalue weighted by Gasteiger charge is -2.08. The Morgan fingerprint density at radius 2 is 1.79 bits per heavy atom. The number of nitrogens with one attached hydrogen (secondary N) is 1. The Balaban J connectivity index is 2.30. The number of para-hydroxylation sites is 1. The molecule has 96 valence electrons. The standard InChI is InChI=1S/C13H9BrN2O3/c14-11-9(5-3-7-15-11)12(17)16-10-6-2-1-4-8(10)13(18)19/h1-7H,(H,16,17)(H,18,19). The van der Waals surface area contributed by atoms with Gasteiger partial charge < -0.3 is 10.4 Å². The minimum atomic E-state index is -1.10. The molecule has 0 aliphatic heterocycles. The van der Waals surface area contributed by atoms with Gasteiger partial charge in [-0.05, 0) is 40.2 Å². The third kappa shape index (κ3) is 2.97. The van der Waals surface area contributed by atoms with Crippen molar-refractivity contribution in [2.24, 2.45) is 0 Å². The predicted molar refractivity (Wildman–Crippen MR) is 73.3 cm³/mol. The van der Waals surface area contributed by atoms with Crippen LogP contribution in [0.1, 0.15) is 20.7 Å². The van der Waals surface area contributed by atoms with Crippen LogP contribution in [0.2, 0.25) is 0 Å². The zero-order valence-corrected chi connectivity index (χ0v) is 11.2. The molecule has 1 aromatic carbocycles. The van der Waals surface area contributed by atoms with Crippen molar-refractivity contribution < 1.29 is 14.7 Å². The number of nitrogens with zero attached hydrogens (tertiary/aromatic N) is 1. The maximum absolute atomic E-state index is 12.0. The Morgan fingerprint density at radius 3 is 2.47 bits per heavy atom. The number of rotatable bonds is 3. The summed E-state index contributed by atoms with van der Waals surface area (Å²) in [5.74, 6) is -1.52. The molecular weight excluding hydrogens is 312 g/mol. The van der Waals surface area contributed by atoms with Crippen LogP contribution in [0.15, 0.2) is 47.2 Å². The van der Waals surface area contributed by atoms with Gasteiger partial charge in [0.05, 0.1) is 16.8 Å². The van der Waals surface area contributed by atoms with E-state index in [1.807, 2.05) is 0 Å². The molecule has 0 saturated carbocycles. The van der Waals surface area contributed by atoms with Crippen LogP contribution in [0.25, 0.3) is 0 Å². The second-order valence-electron chi connectivity index (χ2n) is 3.65. The van der Waals surface area contributed by atoms with E-state index >= 15 is 0 Å². The van der Waals surface area contributed by atoms with E-state index in [1.165, 1.54) is 12.1 Å². The average molecular weight is 321 g/mol. The van der Waals surface area contributed by atoms with Gasteiger partial charge in [-0.15, -0.1) is 0 Å². The molecule has 0 fully saturated rings. The van der Waals surface area contributed by atoms with Crippen LogP contribution in [-0.4, -0.2) is 22.0 Å². The highest BCUT2D eigenvalue weighted by atomic mass is 79.9. The largest absolute Gasteiger partial charge is 0.478 e. The van der Waals surface area contributed by atoms with Crippen LogP contribution in [0.5, 0.6) is 0 Å². The fourth-order valence-corrected chi connectivity index (χ4v) is 1.95. The molecule has 1 heterocycles. The van der Waals surface area contributed by atoms with Crippen LogP contribution < -0.4 is 5.32 Å². The zero-order chi connectivity index (χ0) is 13.8. The number of halogens is 1. The van der Waals surface area contributed by atoms with E-state index in [1.54, 1.807) is 30.5 Å². The number of carboxylic acids is 1. The van der Waals surface area contributed by atoms with Crippen molar-refractivity contribution in [1.29, 1.82) is 0 Å². The van der Waals surface area contributed by atoms with Gasteiger partial charge in [-0.25, -0.2) is 9.78 Å². The average Bonchev–Trinajstić information content (AvgIpc) is 2.39. The van der Waals surface area contributed by atoms with E-state index in [0.29, 0.717) is 10.2 Å². The summed E-state index contributed by atoms with van der Waals surface area (Å²) in [6.45, 7) is 0. The lowest BCUT2D eigenvalue weighted by atomic mass is 10.1. The summed E-state index contributed by atoms with van der Waals surface area (Å²) in [5, 5.41) is 11.6. The molecular formula is C13H9BrN2O3. The maximum atomic E-state index is 12.0. The number of carboxylic acid groups (broad SMARTS) is 1. The Morgan fingerprint density at radius 1 is 1.11 bits per heavy atom. The third-order valence-corrected chi connectivity index (χ3v) is 3.04. The predicted octanol–water partition coefficient (Wildman–Crippen LogP) is 2.79. The molecule has 2 aromatic rings. The molecule has 0 bridgehead atoms. The van der Waals surface area contributed by atoms with Gasteiger partial charge in [0.2, 0.25) is 0 Å². The van der Waals surface area contributed by atoms with E-state index in [2.05, 4.69) is 26.2 Å². The first-order chi connectivity index (χ1) is 9.09. The Hall–Kier alpha value is -2.21. The van der Waals surface area contributed by atoms with Gasteiger partial charge in [0.1, 0.15) is 4.60 Å². The summed E-state index contributed by atoms with van der Waals surface area (Å²) in [7, 11) is 0. The molecule has 0 unspecified atom stereocenters. The highest BCUT2D eigenvalue weighted by Gasteiger charge is 2.14. The molecule has 5 nitrogen and oxygen atoms in total. The van der Waals surface area contributed by atoms with Crippen molar-refractivity contribution in [2.45, 2.75) is 0 Å². The summed E-state index contributed by atoms with van der Waals surface area (Å²) < 4.78 is 0.403. The van der Waals surface area contributed by atoms with E-state index in [-0.39, 0.29) is 11.3 Å². The Bertz CT molecular complexity index is 643. The number of hydrogen-bond donors (Lipinski definition) is 2. The number of carbonyl (C=O) groups is 2. The number of benzene rings is 1. The van der Waals surface area contributed by atoms with Gasteiger partial charge >= 0.3 is 5.97 Å². The molecule has 0 aliphatic rings. The van der Waals surface area contributed by atoms with E-state index in [4.69, 9.17) is 5.11 Å². The number of amides is 1. The second kappa shape index (κ2) is 5.62.